The maximum absolute atomic E-state index is 12.4. The van der Waals surface area contributed by atoms with E-state index in [0.717, 1.165) is 0 Å². The molecule has 1 aliphatic heterocycles. The van der Waals surface area contributed by atoms with E-state index in [-0.39, 0.29) is 11.4 Å². The molecule has 1 fully saturated rings. The molecule has 2 N–H and O–H groups in total. The number of anilines is 1. The van der Waals surface area contributed by atoms with Crippen LogP contribution in [0.15, 0.2) is 12.1 Å². The zero-order valence-corrected chi connectivity index (χ0v) is 14.5. The molecule has 0 saturated carbocycles. The van der Waals surface area contributed by atoms with E-state index in [1.54, 1.807) is 32.9 Å². The molecule has 9 heteroatoms. The largest absolute Gasteiger partial charge is 0.443 e. The summed E-state index contributed by atoms with van der Waals surface area (Å²) in [5.74, 6) is -0.635. The highest BCUT2D eigenvalue weighted by atomic mass is 16.6. The van der Waals surface area contributed by atoms with Crippen molar-refractivity contribution in [2.75, 3.05) is 31.2 Å². The van der Waals surface area contributed by atoms with Crippen molar-refractivity contribution < 1.29 is 19.1 Å². The molecule has 1 aliphatic rings. The van der Waals surface area contributed by atoms with Crippen LogP contribution in [0.3, 0.4) is 0 Å². The number of nitrogens with zero attached hydrogens (tertiary/aromatic N) is 3. The number of hydrazine groups is 1. The number of ether oxygens (including phenoxy) is 2. The van der Waals surface area contributed by atoms with Crippen LogP contribution in [0.2, 0.25) is 0 Å². The van der Waals surface area contributed by atoms with Gasteiger partial charge in [0.25, 0.3) is 5.91 Å². The predicted molar refractivity (Wildman–Crippen MR) is 88.8 cm³/mol. The Hall–Kier alpha value is -2.86. The fourth-order valence-corrected chi connectivity index (χ4v) is 2.21. The van der Waals surface area contributed by atoms with Gasteiger partial charge >= 0.3 is 6.09 Å². The number of hydrogen-bond acceptors (Lipinski definition) is 7. The summed E-state index contributed by atoms with van der Waals surface area (Å²) in [6.07, 6.45) is -0.787. The molecule has 0 aliphatic carbocycles. The first-order valence-electron chi connectivity index (χ1n) is 7.83. The van der Waals surface area contributed by atoms with Crippen LogP contribution in [0.4, 0.5) is 10.5 Å². The third-order valence-electron chi connectivity index (χ3n) is 3.23. The highest BCUT2D eigenvalue weighted by molar-refractivity contribution is 5.98. The van der Waals surface area contributed by atoms with Crippen molar-refractivity contribution in [2.24, 2.45) is 0 Å². The molecule has 0 atom stereocenters. The summed E-state index contributed by atoms with van der Waals surface area (Å²) in [4.78, 5) is 30.1. The van der Waals surface area contributed by atoms with E-state index >= 15 is 0 Å². The highest BCUT2D eigenvalue weighted by Crippen LogP contribution is 2.20. The topological polar surface area (TPSA) is 117 Å². The molecule has 25 heavy (non-hydrogen) atoms. The zero-order chi connectivity index (χ0) is 18.4. The molecule has 0 radical (unpaired) electrons. The fourth-order valence-electron chi connectivity index (χ4n) is 2.21. The first-order chi connectivity index (χ1) is 11.8. The standard InChI is InChI=1S/C16H21N5O4/c1-16(2,3)25-15(23)20-19-14(22)13-12(5-4-11(10-17)18-13)21-6-8-24-9-7-21/h4-5H,6-9H2,1-3H3,(H,19,22)(H,20,23). The number of hydrogen-bond donors (Lipinski definition) is 2. The summed E-state index contributed by atoms with van der Waals surface area (Å²) in [7, 11) is 0. The minimum Gasteiger partial charge on any atom is -0.443 e. The van der Waals surface area contributed by atoms with Gasteiger partial charge in [-0.1, -0.05) is 0 Å². The predicted octanol–water partition coefficient (Wildman–Crippen LogP) is 0.959. The maximum atomic E-state index is 12.4. The highest BCUT2D eigenvalue weighted by Gasteiger charge is 2.22. The number of carbonyl (C=O) groups excluding carboxylic acids is 2. The van der Waals surface area contributed by atoms with Gasteiger partial charge in [0.1, 0.15) is 17.4 Å². The molecule has 0 spiro atoms. The van der Waals surface area contributed by atoms with Gasteiger partial charge in [0.05, 0.1) is 18.9 Å². The third-order valence-corrected chi connectivity index (χ3v) is 3.23. The number of aromatic nitrogens is 1. The summed E-state index contributed by atoms with van der Waals surface area (Å²) in [5, 5.41) is 9.02. The van der Waals surface area contributed by atoms with Gasteiger partial charge in [0.15, 0.2) is 5.69 Å². The summed E-state index contributed by atoms with van der Waals surface area (Å²) in [6, 6.07) is 5.11. The van der Waals surface area contributed by atoms with E-state index in [4.69, 9.17) is 14.7 Å². The minimum absolute atomic E-state index is 0.0528. The van der Waals surface area contributed by atoms with E-state index in [0.29, 0.717) is 32.0 Å². The number of amides is 2. The second-order valence-corrected chi connectivity index (χ2v) is 6.36. The second kappa shape index (κ2) is 7.81. The normalized spacial score (nSPS) is 14.4. The van der Waals surface area contributed by atoms with Crippen LogP contribution in [0.5, 0.6) is 0 Å². The second-order valence-electron chi connectivity index (χ2n) is 6.36. The monoisotopic (exact) mass is 347 g/mol. The van der Waals surface area contributed by atoms with Gasteiger partial charge < -0.3 is 14.4 Å². The Bertz CT molecular complexity index is 687. The summed E-state index contributed by atoms with van der Waals surface area (Å²) >= 11 is 0. The van der Waals surface area contributed by atoms with Crippen LogP contribution >= 0.6 is 0 Å². The van der Waals surface area contributed by atoms with Crippen LogP contribution in [0.25, 0.3) is 0 Å². The molecule has 2 amide bonds. The van der Waals surface area contributed by atoms with Crippen LogP contribution in [-0.2, 0) is 9.47 Å². The number of pyridine rings is 1. The van der Waals surface area contributed by atoms with Crippen molar-refractivity contribution in [1.82, 2.24) is 15.8 Å². The van der Waals surface area contributed by atoms with E-state index in [1.807, 2.05) is 11.0 Å². The Morgan fingerprint density at radius 1 is 1.28 bits per heavy atom. The molecule has 0 aromatic carbocycles. The lowest BCUT2D eigenvalue weighted by molar-refractivity contribution is 0.0483. The summed E-state index contributed by atoms with van der Waals surface area (Å²) < 4.78 is 10.4. The van der Waals surface area contributed by atoms with Gasteiger partial charge in [-0.2, -0.15) is 5.26 Å². The number of nitrogens with one attached hydrogen (secondary N) is 2. The van der Waals surface area contributed by atoms with Gasteiger partial charge in [-0.3, -0.25) is 10.2 Å². The molecule has 0 bridgehead atoms. The van der Waals surface area contributed by atoms with Gasteiger partial charge in [0.2, 0.25) is 0 Å². The lowest BCUT2D eigenvalue weighted by Crippen LogP contribution is -2.45. The number of nitriles is 1. The van der Waals surface area contributed by atoms with Crippen LogP contribution in [0.1, 0.15) is 37.0 Å². The SMILES string of the molecule is CC(C)(C)OC(=O)NNC(=O)c1nc(C#N)ccc1N1CCOCC1. The molecular weight excluding hydrogens is 326 g/mol. The van der Waals surface area contributed by atoms with Gasteiger partial charge in [-0.15, -0.1) is 0 Å². The van der Waals surface area contributed by atoms with Crippen molar-refractivity contribution in [3.63, 3.8) is 0 Å². The molecule has 1 aromatic heterocycles. The lowest BCUT2D eigenvalue weighted by atomic mass is 10.2. The average molecular weight is 347 g/mol. The van der Waals surface area contributed by atoms with Gasteiger partial charge in [0, 0.05) is 13.1 Å². The van der Waals surface area contributed by atoms with Crippen LogP contribution < -0.4 is 15.8 Å². The Labute approximate surface area is 145 Å². The molecule has 2 heterocycles. The van der Waals surface area contributed by atoms with Crippen molar-refractivity contribution >= 4 is 17.7 Å². The van der Waals surface area contributed by atoms with E-state index in [2.05, 4.69) is 15.8 Å². The Morgan fingerprint density at radius 2 is 1.96 bits per heavy atom. The molecule has 134 valence electrons. The van der Waals surface area contributed by atoms with Gasteiger partial charge in [-0.25, -0.2) is 15.2 Å². The summed E-state index contributed by atoms with van der Waals surface area (Å²) in [5.41, 5.74) is 4.49. The van der Waals surface area contributed by atoms with Crippen LogP contribution in [0, 0.1) is 11.3 Å². The maximum Gasteiger partial charge on any atom is 0.426 e. The molecule has 0 unspecified atom stereocenters. The first-order valence-corrected chi connectivity index (χ1v) is 7.83. The third kappa shape index (κ3) is 5.32. The van der Waals surface area contributed by atoms with Gasteiger partial charge in [-0.05, 0) is 32.9 Å². The number of carbonyl (C=O) groups is 2. The Morgan fingerprint density at radius 3 is 2.56 bits per heavy atom. The van der Waals surface area contributed by atoms with Crippen LogP contribution in [-0.4, -0.2) is 48.9 Å². The zero-order valence-electron chi connectivity index (χ0n) is 14.5. The van der Waals surface area contributed by atoms with E-state index in [9.17, 15) is 9.59 Å². The molecule has 1 saturated heterocycles. The smallest absolute Gasteiger partial charge is 0.426 e. The fraction of sp³-hybridized carbons (Fsp3) is 0.500. The van der Waals surface area contributed by atoms with Crippen molar-refractivity contribution in [3.05, 3.63) is 23.5 Å². The quantitative estimate of drug-likeness (QED) is 0.765. The Balaban J connectivity index is 2.14. The lowest BCUT2D eigenvalue weighted by Gasteiger charge is -2.29. The molecular formula is C16H21N5O4. The number of rotatable bonds is 2. The molecule has 1 aromatic rings. The average Bonchev–Trinajstić information content (AvgIpc) is 2.58. The minimum atomic E-state index is -0.787. The summed E-state index contributed by atoms with van der Waals surface area (Å²) in [6.45, 7) is 7.42. The van der Waals surface area contributed by atoms with Crippen molar-refractivity contribution in [3.8, 4) is 6.07 Å². The van der Waals surface area contributed by atoms with Crippen molar-refractivity contribution in [2.45, 2.75) is 26.4 Å². The first kappa shape index (κ1) is 18.5. The van der Waals surface area contributed by atoms with E-state index in [1.165, 1.54) is 0 Å². The molecule has 2 rings (SSSR count). The van der Waals surface area contributed by atoms with Crippen molar-refractivity contribution in [1.29, 1.82) is 5.26 Å². The number of morpholine rings is 1. The molecule has 9 nitrogen and oxygen atoms in total. The Kier molecular flexibility index (Phi) is 5.77. The van der Waals surface area contributed by atoms with E-state index < -0.39 is 17.6 Å².